The average molecular weight is 331 g/mol. The number of ether oxygens (including phenoxy) is 2. The predicted octanol–water partition coefficient (Wildman–Crippen LogP) is -1.51. The van der Waals surface area contributed by atoms with Gasteiger partial charge in [0.2, 0.25) is 11.8 Å². The van der Waals surface area contributed by atoms with Crippen LogP contribution in [0.4, 0.5) is 4.79 Å². The van der Waals surface area contributed by atoms with Crippen molar-refractivity contribution in [2.75, 3.05) is 26.2 Å². The molecule has 0 aliphatic rings. The van der Waals surface area contributed by atoms with Crippen LogP contribution in [-0.4, -0.2) is 62.0 Å². The molecule has 0 fully saturated rings. The Morgan fingerprint density at radius 2 is 1.43 bits per heavy atom. The molecule has 130 valence electrons. The number of rotatable bonds is 8. The van der Waals surface area contributed by atoms with Crippen molar-refractivity contribution in [2.24, 2.45) is 0 Å². The highest BCUT2D eigenvalue weighted by atomic mass is 16.6. The fraction of sp³-hybridized carbons (Fsp3) is 0.615. The van der Waals surface area contributed by atoms with Crippen LogP contribution in [0.1, 0.15) is 20.8 Å². The van der Waals surface area contributed by atoms with Gasteiger partial charge < -0.3 is 25.4 Å². The zero-order valence-corrected chi connectivity index (χ0v) is 13.3. The highest BCUT2D eigenvalue weighted by Gasteiger charge is 2.16. The van der Waals surface area contributed by atoms with E-state index in [9.17, 15) is 24.0 Å². The molecule has 0 rings (SSSR count). The van der Waals surface area contributed by atoms with Crippen molar-refractivity contribution in [3.8, 4) is 0 Å². The van der Waals surface area contributed by atoms with Crippen molar-refractivity contribution in [2.45, 2.75) is 26.4 Å². The Bertz CT molecular complexity index is 457. The second-order valence-corrected chi connectivity index (χ2v) is 5.26. The molecule has 0 bridgehead atoms. The number of carbonyl (C=O) groups excluding carboxylic acids is 5. The topological polar surface area (TPSA) is 140 Å². The largest absolute Gasteiger partial charge is 0.457 e. The highest BCUT2D eigenvalue weighted by Crippen LogP contribution is 2.05. The first kappa shape index (κ1) is 20.3. The van der Waals surface area contributed by atoms with Gasteiger partial charge in [-0.15, -0.1) is 0 Å². The van der Waals surface area contributed by atoms with E-state index in [1.165, 1.54) is 0 Å². The van der Waals surface area contributed by atoms with Crippen LogP contribution >= 0.6 is 0 Å². The Morgan fingerprint density at radius 1 is 0.913 bits per heavy atom. The van der Waals surface area contributed by atoms with E-state index in [1.807, 2.05) is 0 Å². The second-order valence-electron chi connectivity index (χ2n) is 5.26. The Balaban J connectivity index is 3.84. The molecule has 3 amide bonds. The molecular weight excluding hydrogens is 310 g/mol. The monoisotopic (exact) mass is 331 g/mol. The first-order valence-electron chi connectivity index (χ1n) is 6.73. The van der Waals surface area contributed by atoms with Gasteiger partial charge in [0.25, 0.3) is 0 Å². The number of esters is 1. The zero-order chi connectivity index (χ0) is 17.9. The van der Waals surface area contributed by atoms with Gasteiger partial charge >= 0.3 is 12.1 Å². The molecule has 0 atom stereocenters. The quantitative estimate of drug-likeness (QED) is 0.362. The SMILES string of the molecule is CC(C)(C)OC(=O)NCC(=O)NCC(=O)NCC(=O)OCC=O. The van der Waals surface area contributed by atoms with Crippen molar-refractivity contribution in [3.05, 3.63) is 0 Å². The lowest BCUT2D eigenvalue weighted by Gasteiger charge is -2.19. The van der Waals surface area contributed by atoms with Crippen molar-refractivity contribution in [1.29, 1.82) is 0 Å². The van der Waals surface area contributed by atoms with Gasteiger partial charge in [-0.05, 0) is 20.8 Å². The van der Waals surface area contributed by atoms with E-state index in [2.05, 4.69) is 20.7 Å². The third-order valence-corrected chi connectivity index (χ3v) is 1.98. The van der Waals surface area contributed by atoms with E-state index in [4.69, 9.17) is 4.74 Å². The number of aldehydes is 1. The molecule has 3 N–H and O–H groups in total. The molecule has 0 spiro atoms. The summed E-state index contributed by atoms with van der Waals surface area (Å²) in [6.45, 7) is 3.49. The summed E-state index contributed by atoms with van der Waals surface area (Å²) in [7, 11) is 0. The molecule has 10 nitrogen and oxygen atoms in total. The molecule has 0 heterocycles. The Labute approximate surface area is 133 Å². The maximum atomic E-state index is 11.4. The lowest BCUT2D eigenvalue weighted by molar-refractivity contribution is -0.145. The van der Waals surface area contributed by atoms with Gasteiger partial charge in [0, 0.05) is 0 Å². The van der Waals surface area contributed by atoms with Crippen molar-refractivity contribution in [1.82, 2.24) is 16.0 Å². The molecule has 0 unspecified atom stereocenters. The zero-order valence-electron chi connectivity index (χ0n) is 13.3. The third kappa shape index (κ3) is 12.8. The van der Waals surface area contributed by atoms with Gasteiger partial charge in [-0.2, -0.15) is 0 Å². The van der Waals surface area contributed by atoms with Gasteiger partial charge in [-0.1, -0.05) is 0 Å². The summed E-state index contributed by atoms with van der Waals surface area (Å²) in [4.78, 5) is 55.0. The van der Waals surface area contributed by atoms with Crippen LogP contribution in [0.25, 0.3) is 0 Å². The molecule has 0 aliphatic heterocycles. The van der Waals surface area contributed by atoms with Gasteiger partial charge in [-0.25, -0.2) is 4.79 Å². The van der Waals surface area contributed by atoms with Gasteiger partial charge in [0.15, 0.2) is 6.29 Å². The summed E-state index contributed by atoms with van der Waals surface area (Å²) < 4.78 is 9.33. The Morgan fingerprint density at radius 3 is 1.96 bits per heavy atom. The normalized spacial score (nSPS) is 10.2. The predicted molar refractivity (Wildman–Crippen MR) is 77.3 cm³/mol. The van der Waals surface area contributed by atoms with E-state index >= 15 is 0 Å². The van der Waals surface area contributed by atoms with Crippen LogP contribution in [0, 0.1) is 0 Å². The smallest absolute Gasteiger partial charge is 0.408 e. The minimum Gasteiger partial charge on any atom is -0.457 e. The molecular formula is C13H21N3O7. The summed E-state index contributed by atoms with van der Waals surface area (Å²) in [6.07, 6.45) is -0.354. The lowest BCUT2D eigenvalue weighted by Crippen LogP contribution is -2.44. The van der Waals surface area contributed by atoms with Crippen LogP contribution in [0.5, 0.6) is 0 Å². The van der Waals surface area contributed by atoms with E-state index in [0.29, 0.717) is 6.29 Å². The van der Waals surface area contributed by atoms with Crippen LogP contribution < -0.4 is 16.0 Å². The van der Waals surface area contributed by atoms with Crippen molar-refractivity contribution >= 4 is 30.2 Å². The summed E-state index contributed by atoms with van der Waals surface area (Å²) in [5.74, 6) is -2.00. The molecule has 0 radical (unpaired) electrons. The van der Waals surface area contributed by atoms with Crippen LogP contribution in [0.15, 0.2) is 0 Å². The van der Waals surface area contributed by atoms with E-state index < -0.39 is 36.0 Å². The van der Waals surface area contributed by atoms with Crippen molar-refractivity contribution in [3.63, 3.8) is 0 Å². The van der Waals surface area contributed by atoms with E-state index in [-0.39, 0.29) is 19.7 Å². The molecule has 0 saturated carbocycles. The minimum absolute atomic E-state index is 0.358. The van der Waals surface area contributed by atoms with Crippen LogP contribution in [-0.2, 0) is 28.7 Å². The molecule has 0 aliphatic carbocycles. The number of carbonyl (C=O) groups is 5. The molecule has 0 aromatic heterocycles. The lowest BCUT2D eigenvalue weighted by atomic mass is 10.2. The van der Waals surface area contributed by atoms with Gasteiger partial charge in [0.1, 0.15) is 25.3 Å². The highest BCUT2D eigenvalue weighted by molar-refractivity contribution is 5.88. The van der Waals surface area contributed by atoms with E-state index in [1.54, 1.807) is 20.8 Å². The second kappa shape index (κ2) is 10.1. The summed E-state index contributed by atoms with van der Waals surface area (Å²) in [5, 5.41) is 6.65. The Hall–Kier alpha value is -2.65. The van der Waals surface area contributed by atoms with Gasteiger partial charge in [-0.3, -0.25) is 19.2 Å². The molecule has 10 heteroatoms. The maximum absolute atomic E-state index is 11.4. The first-order valence-corrected chi connectivity index (χ1v) is 6.73. The van der Waals surface area contributed by atoms with Crippen LogP contribution in [0.2, 0.25) is 0 Å². The standard InChI is InChI=1S/C13H21N3O7/c1-13(2,3)23-12(21)16-7-10(19)14-6-9(18)15-8-11(20)22-5-4-17/h4H,5-8H2,1-3H3,(H,14,19)(H,15,18)(H,16,21). The minimum atomic E-state index is -0.775. The number of amides is 3. The number of hydrogen-bond donors (Lipinski definition) is 3. The van der Waals surface area contributed by atoms with Gasteiger partial charge in [0.05, 0.1) is 6.54 Å². The average Bonchev–Trinajstić information content (AvgIpc) is 2.44. The number of alkyl carbamates (subject to hydrolysis) is 1. The summed E-state index contributed by atoms with van der Waals surface area (Å²) in [5.41, 5.74) is -0.682. The number of nitrogens with one attached hydrogen (secondary N) is 3. The third-order valence-electron chi connectivity index (χ3n) is 1.98. The first-order chi connectivity index (χ1) is 10.6. The molecule has 23 heavy (non-hydrogen) atoms. The van der Waals surface area contributed by atoms with Crippen LogP contribution in [0.3, 0.4) is 0 Å². The molecule has 0 saturated heterocycles. The van der Waals surface area contributed by atoms with Crippen molar-refractivity contribution < 1.29 is 33.4 Å². The maximum Gasteiger partial charge on any atom is 0.408 e. The molecule has 0 aromatic carbocycles. The molecule has 0 aromatic rings. The fourth-order valence-electron chi connectivity index (χ4n) is 1.12. The summed E-state index contributed by atoms with van der Waals surface area (Å²) >= 11 is 0. The fourth-order valence-corrected chi connectivity index (χ4v) is 1.12. The Kier molecular flexibility index (Phi) is 8.97. The number of hydrogen-bond acceptors (Lipinski definition) is 7. The van der Waals surface area contributed by atoms with E-state index in [0.717, 1.165) is 0 Å². The summed E-state index contributed by atoms with van der Waals surface area (Å²) in [6, 6.07) is 0.